The fourth-order valence-corrected chi connectivity index (χ4v) is 3.69. The number of para-hydroxylation sites is 1. The molecule has 0 saturated heterocycles. The van der Waals surface area contributed by atoms with Crippen LogP contribution in [0.4, 0.5) is 5.69 Å². The summed E-state index contributed by atoms with van der Waals surface area (Å²) in [5.74, 6) is 1.76. The third-order valence-corrected chi connectivity index (χ3v) is 4.86. The number of anilines is 1. The minimum atomic E-state index is 0.193. The minimum absolute atomic E-state index is 0.193. The molecule has 0 spiro atoms. The van der Waals surface area contributed by atoms with Crippen molar-refractivity contribution in [3.63, 3.8) is 0 Å². The molecule has 0 bridgehead atoms. The largest absolute Gasteiger partial charge is 0.497 e. The second-order valence-corrected chi connectivity index (χ2v) is 6.54. The van der Waals surface area contributed by atoms with Crippen LogP contribution in [0.15, 0.2) is 45.3 Å². The van der Waals surface area contributed by atoms with Crippen molar-refractivity contribution in [1.82, 2.24) is 0 Å². The molecule has 1 aliphatic heterocycles. The summed E-state index contributed by atoms with van der Waals surface area (Å²) in [4.78, 5) is 0. The molecule has 1 unspecified atom stereocenters. The molecule has 0 aromatic heterocycles. The first-order chi connectivity index (χ1) is 10.2. The van der Waals surface area contributed by atoms with Crippen molar-refractivity contribution in [2.45, 2.75) is 12.5 Å². The Balaban J connectivity index is 1.95. The Bertz CT molecular complexity index is 640. The number of rotatable bonds is 3. The fraction of sp³-hybridized carbons (Fsp3) is 0.250. The van der Waals surface area contributed by atoms with E-state index in [-0.39, 0.29) is 6.04 Å². The van der Waals surface area contributed by atoms with Crippen molar-refractivity contribution >= 4 is 37.5 Å². The smallest absolute Gasteiger partial charge is 0.124 e. The molecule has 0 radical (unpaired) electrons. The lowest BCUT2D eigenvalue weighted by Gasteiger charge is -2.28. The van der Waals surface area contributed by atoms with E-state index in [1.807, 2.05) is 36.4 Å². The van der Waals surface area contributed by atoms with Gasteiger partial charge in [-0.1, -0.05) is 6.07 Å². The van der Waals surface area contributed by atoms with Crippen LogP contribution < -0.4 is 14.8 Å². The van der Waals surface area contributed by atoms with Crippen molar-refractivity contribution in [2.75, 3.05) is 19.0 Å². The lowest BCUT2D eigenvalue weighted by atomic mass is 10.00. The van der Waals surface area contributed by atoms with Crippen LogP contribution in [0, 0.1) is 0 Å². The monoisotopic (exact) mass is 411 g/mol. The van der Waals surface area contributed by atoms with Crippen molar-refractivity contribution in [1.29, 1.82) is 0 Å². The molecule has 3 nitrogen and oxygen atoms in total. The highest BCUT2D eigenvalue weighted by Gasteiger charge is 2.23. The van der Waals surface area contributed by atoms with E-state index < -0.39 is 0 Å². The second-order valence-electron chi connectivity index (χ2n) is 4.83. The Morgan fingerprint density at radius 3 is 2.67 bits per heavy atom. The highest BCUT2D eigenvalue weighted by atomic mass is 79.9. The standard InChI is InChI=1S/C16H15Br2NO2/c1-20-10-5-6-15-11(9-10)14(7-8-21-15)19-16-12(17)3-2-4-13(16)18/h2-6,9,14,19H,7-8H2,1H3. The maximum Gasteiger partial charge on any atom is 0.124 e. The quantitative estimate of drug-likeness (QED) is 0.755. The van der Waals surface area contributed by atoms with Crippen LogP contribution in [0.3, 0.4) is 0 Å². The SMILES string of the molecule is COc1ccc2c(c1)C(Nc1c(Br)cccc1Br)CCO2. The number of halogens is 2. The van der Waals surface area contributed by atoms with Crippen LogP contribution >= 0.6 is 31.9 Å². The Hall–Kier alpha value is -1.20. The molecule has 110 valence electrons. The molecule has 0 fully saturated rings. The van der Waals surface area contributed by atoms with Crippen LogP contribution in [0.5, 0.6) is 11.5 Å². The molecule has 0 aliphatic carbocycles. The fourth-order valence-electron chi connectivity index (χ4n) is 2.46. The summed E-state index contributed by atoms with van der Waals surface area (Å²) < 4.78 is 13.1. The molecule has 1 atom stereocenters. The van der Waals surface area contributed by atoms with Crippen LogP contribution in [0.25, 0.3) is 0 Å². The summed E-state index contributed by atoms with van der Waals surface area (Å²) in [6.45, 7) is 0.707. The van der Waals surface area contributed by atoms with Gasteiger partial charge in [0.1, 0.15) is 11.5 Å². The van der Waals surface area contributed by atoms with Gasteiger partial charge in [0.25, 0.3) is 0 Å². The third kappa shape index (κ3) is 3.04. The Morgan fingerprint density at radius 2 is 1.95 bits per heavy atom. The topological polar surface area (TPSA) is 30.5 Å². The van der Waals surface area contributed by atoms with Crippen molar-refractivity contribution < 1.29 is 9.47 Å². The first-order valence-electron chi connectivity index (χ1n) is 6.70. The normalized spacial score (nSPS) is 16.8. The van der Waals surface area contributed by atoms with E-state index in [1.165, 1.54) is 0 Å². The van der Waals surface area contributed by atoms with Gasteiger partial charge in [-0.2, -0.15) is 0 Å². The molecular weight excluding hydrogens is 398 g/mol. The molecule has 2 aromatic rings. The van der Waals surface area contributed by atoms with Gasteiger partial charge >= 0.3 is 0 Å². The molecule has 1 aliphatic rings. The molecule has 2 aromatic carbocycles. The number of benzene rings is 2. The van der Waals surface area contributed by atoms with Gasteiger partial charge in [-0.05, 0) is 62.2 Å². The zero-order valence-corrected chi connectivity index (χ0v) is 14.7. The molecule has 21 heavy (non-hydrogen) atoms. The van der Waals surface area contributed by atoms with Crippen LogP contribution in [-0.2, 0) is 0 Å². The summed E-state index contributed by atoms with van der Waals surface area (Å²) in [7, 11) is 1.68. The van der Waals surface area contributed by atoms with Crippen molar-refractivity contribution in [2.24, 2.45) is 0 Å². The van der Waals surface area contributed by atoms with Gasteiger partial charge in [-0.25, -0.2) is 0 Å². The summed E-state index contributed by atoms with van der Waals surface area (Å²) in [6, 6.07) is 12.2. The van der Waals surface area contributed by atoms with Crippen molar-refractivity contribution in [3.05, 3.63) is 50.9 Å². The molecule has 0 amide bonds. The van der Waals surface area contributed by atoms with Gasteiger partial charge in [0.15, 0.2) is 0 Å². The van der Waals surface area contributed by atoms with Crippen LogP contribution in [0.2, 0.25) is 0 Å². The van der Waals surface area contributed by atoms with Gasteiger partial charge in [0.05, 0.1) is 25.4 Å². The van der Waals surface area contributed by atoms with Gasteiger partial charge in [-0.15, -0.1) is 0 Å². The van der Waals surface area contributed by atoms with E-state index in [1.54, 1.807) is 7.11 Å². The van der Waals surface area contributed by atoms with Gasteiger partial charge in [-0.3, -0.25) is 0 Å². The van der Waals surface area contributed by atoms with E-state index in [4.69, 9.17) is 9.47 Å². The zero-order valence-electron chi connectivity index (χ0n) is 11.5. The minimum Gasteiger partial charge on any atom is -0.497 e. The molecule has 0 saturated carbocycles. The van der Waals surface area contributed by atoms with Crippen LogP contribution in [0.1, 0.15) is 18.0 Å². The Morgan fingerprint density at radius 1 is 1.19 bits per heavy atom. The highest BCUT2D eigenvalue weighted by molar-refractivity contribution is 9.11. The Labute approximate surface area is 140 Å². The van der Waals surface area contributed by atoms with E-state index in [9.17, 15) is 0 Å². The van der Waals surface area contributed by atoms with Crippen LogP contribution in [-0.4, -0.2) is 13.7 Å². The predicted octanol–water partition coefficient (Wildman–Crippen LogP) is 5.16. The number of hydrogen-bond donors (Lipinski definition) is 1. The molecule has 1 N–H and O–H groups in total. The van der Waals surface area contributed by atoms with E-state index in [0.717, 1.165) is 38.1 Å². The average molecular weight is 413 g/mol. The molecule has 1 heterocycles. The first-order valence-corrected chi connectivity index (χ1v) is 8.29. The van der Waals surface area contributed by atoms with Gasteiger partial charge in [0, 0.05) is 20.9 Å². The van der Waals surface area contributed by atoms with Gasteiger partial charge in [0.2, 0.25) is 0 Å². The summed E-state index contributed by atoms with van der Waals surface area (Å²) >= 11 is 7.19. The highest BCUT2D eigenvalue weighted by Crippen LogP contribution is 2.40. The molecule has 3 rings (SSSR count). The second kappa shape index (κ2) is 6.28. The lowest BCUT2D eigenvalue weighted by molar-refractivity contribution is 0.273. The number of nitrogens with one attached hydrogen (secondary N) is 1. The maximum absolute atomic E-state index is 5.73. The zero-order chi connectivity index (χ0) is 14.8. The number of fused-ring (bicyclic) bond motifs is 1. The molecule has 5 heteroatoms. The Kier molecular flexibility index (Phi) is 4.40. The lowest BCUT2D eigenvalue weighted by Crippen LogP contribution is -2.20. The summed E-state index contributed by atoms with van der Waals surface area (Å²) in [6.07, 6.45) is 0.911. The van der Waals surface area contributed by atoms with E-state index >= 15 is 0 Å². The number of methoxy groups -OCH3 is 1. The van der Waals surface area contributed by atoms with E-state index in [2.05, 4.69) is 37.2 Å². The summed E-state index contributed by atoms with van der Waals surface area (Å²) in [5.41, 5.74) is 2.18. The van der Waals surface area contributed by atoms with E-state index in [0.29, 0.717) is 6.61 Å². The predicted molar refractivity (Wildman–Crippen MR) is 91.3 cm³/mol. The molecular formula is C16H15Br2NO2. The van der Waals surface area contributed by atoms with Gasteiger partial charge < -0.3 is 14.8 Å². The first kappa shape index (κ1) is 14.7. The van der Waals surface area contributed by atoms with Crippen molar-refractivity contribution in [3.8, 4) is 11.5 Å². The third-order valence-electron chi connectivity index (χ3n) is 3.54. The number of ether oxygens (including phenoxy) is 2. The number of hydrogen-bond acceptors (Lipinski definition) is 3. The maximum atomic E-state index is 5.73. The summed E-state index contributed by atoms with van der Waals surface area (Å²) in [5, 5.41) is 3.60. The average Bonchev–Trinajstić information content (AvgIpc) is 2.50.